The number of benzene rings is 1. The molecule has 0 radical (unpaired) electrons. The molecule has 0 aromatic heterocycles. The van der Waals surface area contributed by atoms with Gasteiger partial charge in [-0.15, -0.1) is 0 Å². The molecule has 0 heterocycles. The Morgan fingerprint density at radius 2 is 1.80 bits per heavy atom. The molecule has 1 amide bonds. The smallest absolute Gasteiger partial charge is 0.335 e. The van der Waals surface area contributed by atoms with Gasteiger partial charge >= 0.3 is 11.9 Å². The Morgan fingerprint density at radius 1 is 1.20 bits per heavy atom. The maximum Gasteiger partial charge on any atom is 0.335 e. The molecule has 7 heteroatoms. The van der Waals surface area contributed by atoms with Crippen molar-refractivity contribution in [1.29, 1.82) is 0 Å². The third-order valence-electron chi connectivity index (χ3n) is 2.43. The molecule has 0 saturated heterocycles. The summed E-state index contributed by atoms with van der Waals surface area (Å²) in [6.45, 7) is 1.27. The van der Waals surface area contributed by atoms with Crippen LogP contribution in [-0.2, 0) is 15.3 Å². The lowest BCUT2D eigenvalue weighted by atomic mass is 10.1. The number of carboxylic acids is 2. The second kappa shape index (κ2) is 7.54. The summed E-state index contributed by atoms with van der Waals surface area (Å²) in [5, 5.41) is 20.0. The Balaban J connectivity index is 2.48. The largest absolute Gasteiger partial charge is 0.480 e. The zero-order valence-electron chi connectivity index (χ0n) is 10.8. The van der Waals surface area contributed by atoms with Crippen molar-refractivity contribution in [2.75, 3.05) is 5.75 Å². The molecule has 1 aromatic carbocycles. The number of rotatable bonds is 7. The lowest BCUT2D eigenvalue weighted by Crippen LogP contribution is -2.41. The lowest BCUT2D eigenvalue weighted by molar-refractivity contribution is -0.140. The molecule has 108 valence electrons. The molecule has 1 atom stereocenters. The minimum atomic E-state index is -1.08. The fourth-order valence-corrected chi connectivity index (χ4v) is 2.47. The van der Waals surface area contributed by atoms with Crippen molar-refractivity contribution < 1.29 is 24.6 Å². The predicted molar refractivity (Wildman–Crippen MR) is 74.8 cm³/mol. The first-order valence-electron chi connectivity index (χ1n) is 5.80. The summed E-state index contributed by atoms with van der Waals surface area (Å²) in [7, 11) is 0. The Kier molecular flexibility index (Phi) is 6.05. The molecule has 1 unspecified atom stereocenters. The van der Waals surface area contributed by atoms with Crippen molar-refractivity contribution in [2.45, 2.75) is 18.7 Å². The van der Waals surface area contributed by atoms with E-state index in [9.17, 15) is 14.4 Å². The van der Waals surface area contributed by atoms with Crippen molar-refractivity contribution in [2.24, 2.45) is 0 Å². The summed E-state index contributed by atoms with van der Waals surface area (Å²) in [5.74, 6) is -1.66. The summed E-state index contributed by atoms with van der Waals surface area (Å²) in [6.07, 6.45) is 0. The maximum atomic E-state index is 10.9. The summed E-state index contributed by atoms with van der Waals surface area (Å²) in [5.41, 5.74) is 1.10. The lowest BCUT2D eigenvalue weighted by Gasteiger charge is -2.12. The number of carbonyl (C=O) groups excluding carboxylic acids is 1. The van der Waals surface area contributed by atoms with Crippen LogP contribution in [0.3, 0.4) is 0 Å². The minimum absolute atomic E-state index is 0.209. The molecule has 20 heavy (non-hydrogen) atoms. The van der Waals surface area contributed by atoms with Gasteiger partial charge < -0.3 is 15.5 Å². The zero-order valence-corrected chi connectivity index (χ0v) is 11.6. The molecule has 0 saturated carbocycles. The van der Waals surface area contributed by atoms with Gasteiger partial charge in [0.15, 0.2) is 0 Å². The van der Waals surface area contributed by atoms with Gasteiger partial charge in [-0.05, 0) is 17.7 Å². The van der Waals surface area contributed by atoms with Crippen molar-refractivity contribution in [1.82, 2.24) is 5.32 Å². The summed E-state index contributed by atoms with van der Waals surface area (Å²) >= 11 is 1.36. The number of aliphatic carboxylic acids is 1. The number of aromatic carboxylic acids is 1. The van der Waals surface area contributed by atoms with Crippen LogP contribution in [0.2, 0.25) is 0 Å². The highest BCUT2D eigenvalue weighted by Crippen LogP contribution is 2.14. The first-order valence-corrected chi connectivity index (χ1v) is 6.95. The van der Waals surface area contributed by atoms with Gasteiger partial charge in [0.2, 0.25) is 5.91 Å². The molecule has 6 nitrogen and oxygen atoms in total. The van der Waals surface area contributed by atoms with E-state index in [2.05, 4.69) is 5.32 Å². The van der Waals surface area contributed by atoms with Crippen molar-refractivity contribution in [3.63, 3.8) is 0 Å². The molecule has 0 bridgehead atoms. The van der Waals surface area contributed by atoms with Gasteiger partial charge in [0, 0.05) is 18.4 Å². The monoisotopic (exact) mass is 297 g/mol. The summed E-state index contributed by atoms with van der Waals surface area (Å²) < 4.78 is 0. The van der Waals surface area contributed by atoms with Crippen LogP contribution in [0, 0.1) is 0 Å². The van der Waals surface area contributed by atoms with Gasteiger partial charge in [-0.3, -0.25) is 4.79 Å². The van der Waals surface area contributed by atoms with Crippen LogP contribution in [0.1, 0.15) is 22.8 Å². The van der Waals surface area contributed by atoms with E-state index in [4.69, 9.17) is 10.2 Å². The number of nitrogens with one attached hydrogen (secondary N) is 1. The number of carbonyl (C=O) groups is 3. The molecule has 0 fully saturated rings. The van der Waals surface area contributed by atoms with E-state index in [0.29, 0.717) is 5.75 Å². The quantitative estimate of drug-likeness (QED) is 0.699. The van der Waals surface area contributed by atoms with Crippen LogP contribution >= 0.6 is 11.8 Å². The third-order valence-corrected chi connectivity index (χ3v) is 3.54. The molecular weight excluding hydrogens is 282 g/mol. The molecule has 1 aromatic rings. The van der Waals surface area contributed by atoms with E-state index in [1.54, 1.807) is 12.1 Å². The molecule has 0 spiro atoms. The van der Waals surface area contributed by atoms with E-state index >= 15 is 0 Å². The van der Waals surface area contributed by atoms with Crippen LogP contribution in [0.4, 0.5) is 0 Å². The van der Waals surface area contributed by atoms with E-state index in [1.807, 2.05) is 0 Å². The second-order valence-electron chi connectivity index (χ2n) is 4.11. The van der Waals surface area contributed by atoms with Crippen LogP contribution in [0.15, 0.2) is 24.3 Å². The van der Waals surface area contributed by atoms with Gasteiger partial charge in [-0.2, -0.15) is 11.8 Å². The topological polar surface area (TPSA) is 104 Å². The van der Waals surface area contributed by atoms with Gasteiger partial charge in [0.05, 0.1) is 5.56 Å². The number of hydrogen-bond acceptors (Lipinski definition) is 4. The van der Waals surface area contributed by atoms with Crippen LogP contribution in [0.25, 0.3) is 0 Å². The highest BCUT2D eigenvalue weighted by molar-refractivity contribution is 7.98. The fourth-order valence-electron chi connectivity index (χ4n) is 1.46. The van der Waals surface area contributed by atoms with Crippen molar-refractivity contribution in [3.8, 4) is 0 Å². The van der Waals surface area contributed by atoms with Crippen molar-refractivity contribution in [3.05, 3.63) is 35.4 Å². The van der Waals surface area contributed by atoms with E-state index < -0.39 is 18.0 Å². The number of thioether (sulfide) groups is 1. The summed E-state index contributed by atoms with van der Waals surface area (Å²) in [6, 6.07) is 5.45. The Morgan fingerprint density at radius 3 is 2.25 bits per heavy atom. The molecule has 1 rings (SSSR count). The standard InChI is InChI=1S/C13H15NO5S/c1-8(15)14-11(13(18)19)7-20-6-9-2-4-10(5-3-9)12(16)17/h2-5,11H,6-7H2,1H3,(H,14,15)(H,16,17)(H,18,19). The Bertz CT molecular complexity index is 500. The average Bonchev–Trinajstić information content (AvgIpc) is 2.37. The first kappa shape index (κ1) is 16.0. The molecule has 0 aliphatic rings. The van der Waals surface area contributed by atoms with Crippen LogP contribution in [0.5, 0.6) is 0 Å². The van der Waals surface area contributed by atoms with Gasteiger partial charge in [0.1, 0.15) is 6.04 Å². The normalized spacial score (nSPS) is 11.7. The van der Waals surface area contributed by atoms with Gasteiger partial charge in [-0.25, -0.2) is 9.59 Å². The SMILES string of the molecule is CC(=O)NC(CSCc1ccc(C(=O)O)cc1)C(=O)O. The highest BCUT2D eigenvalue weighted by atomic mass is 32.2. The molecule has 0 aliphatic heterocycles. The van der Waals surface area contributed by atoms with Crippen LogP contribution in [-0.4, -0.2) is 39.9 Å². The maximum absolute atomic E-state index is 10.9. The average molecular weight is 297 g/mol. The van der Waals surface area contributed by atoms with E-state index in [1.165, 1.54) is 30.8 Å². The highest BCUT2D eigenvalue weighted by Gasteiger charge is 2.17. The second-order valence-corrected chi connectivity index (χ2v) is 5.14. The van der Waals surface area contributed by atoms with Gasteiger partial charge in [-0.1, -0.05) is 12.1 Å². The number of amides is 1. The van der Waals surface area contributed by atoms with Gasteiger partial charge in [0.25, 0.3) is 0 Å². The number of hydrogen-bond donors (Lipinski definition) is 3. The van der Waals surface area contributed by atoms with Crippen molar-refractivity contribution >= 4 is 29.6 Å². The minimum Gasteiger partial charge on any atom is -0.480 e. The fraction of sp³-hybridized carbons (Fsp3) is 0.308. The van der Waals surface area contributed by atoms with E-state index in [0.717, 1.165) is 5.56 Å². The first-order chi connectivity index (χ1) is 9.40. The third kappa shape index (κ3) is 5.31. The zero-order chi connectivity index (χ0) is 15.1. The van der Waals surface area contributed by atoms with Crippen LogP contribution < -0.4 is 5.32 Å². The molecular formula is C13H15NO5S. The molecule has 0 aliphatic carbocycles. The molecule has 3 N–H and O–H groups in total. The predicted octanol–water partition coefficient (Wildman–Crippen LogP) is 1.21. The van der Waals surface area contributed by atoms with E-state index in [-0.39, 0.29) is 17.2 Å². The Labute approximate surface area is 120 Å². The number of carboxylic acid groups (broad SMARTS) is 2. The Hall–Kier alpha value is -2.02. The summed E-state index contributed by atoms with van der Waals surface area (Å²) in [4.78, 5) is 32.4.